The van der Waals surface area contributed by atoms with Crippen molar-refractivity contribution in [1.82, 2.24) is 0 Å². The first-order chi connectivity index (χ1) is 9.43. The smallest absolute Gasteiger partial charge is 0.170 e. The van der Waals surface area contributed by atoms with E-state index in [-0.39, 0.29) is 23.1 Å². The number of anilines is 1. The highest BCUT2D eigenvalue weighted by atomic mass is 19.1. The molecule has 0 aromatic heterocycles. The molecule has 0 saturated heterocycles. The Labute approximate surface area is 116 Å². The summed E-state index contributed by atoms with van der Waals surface area (Å²) in [6.45, 7) is 4.62. The normalized spacial score (nSPS) is 15.8. The van der Waals surface area contributed by atoms with Crippen molar-refractivity contribution in [3.05, 3.63) is 29.3 Å². The number of rotatable bonds is 5. The van der Waals surface area contributed by atoms with Gasteiger partial charge < -0.3 is 15.8 Å². The molecule has 0 heterocycles. The molecular weight excluding hydrogens is 264 g/mol. The second-order valence-corrected chi connectivity index (χ2v) is 5.55. The molecule has 0 unspecified atom stereocenters. The lowest BCUT2D eigenvalue weighted by molar-refractivity contribution is 0.318. The van der Waals surface area contributed by atoms with Crippen molar-refractivity contribution in [2.75, 3.05) is 11.4 Å². The molecule has 2 rings (SSSR count). The molecule has 0 atom stereocenters. The molecule has 1 aromatic rings. The van der Waals surface area contributed by atoms with Gasteiger partial charge in [0.15, 0.2) is 5.84 Å². The molecule has 20 heavy (non-hydrogen) atoms. The average molecular weight is 283 g/mol. The zero-order valence-electron chi connectivity index (χ0n) is 11.6. The summed E-state index contributed by atoms with van der Waals surface area (Å²) in [4.78, 5) is 1.78. The summed E-state index contributed by atoms with van der Waals surface area (Å²) in [5.41, 5.74) is 5.38. The Kier molecular flexibility index (Phi) is 4.11. The van der Waals surface area contributed by atoms with Crippen LogP contribution < -0.4 is 10.6 Å². The van der Waals surface area contributed by atoms with Crippen LogP contribution in [0.3, 0.4) is 0 Å². The Hall–Kier alpha value is -1.85. The van der Waals surface area contributed by atoms with E-state index < -0.39 is 11.6 Å². The lowest BCUT2D eigenvalue weighted by Crippen LogP contribution is -2.31. The summed E-state index contributed by atoms with van der Waals surface area (Å²) in [6.07, 6.45) is 1.90. The number of nitrogens with two attached hydrogens (primary N) is 1. The predicted octanol–water partition coefficient (Wildman–Crippen LogP) is 2.68. The van der Waals surface area contributed by atoms with E-state index in [1.807, 2.05) is 13.8 Å². The maximum atomic E-state index is 14.2. The summed E-state index contributed by atoms with van der Waals surface area (Å²) >= 11 is 0. The monoisotopic (exact) mass is 283 g/mol. The van der Waals surface area contributed by atoms with Crippen molar-refractivity contribution < 1.29 is 14.0 Å². The number of oxime groups is 1. The highest BCUT2D eigenvalue weighted by Gasteiger charge is 2.33. The van der Waals surface area contributed by atoms with Gasteiger partial charge in [-0.05, 0) is 30.9 Å². The first-order valence-corrected chi connectivity index (χ1v) is 6.67. The highest BCUT2D eigenvalue weighted by Crippen LogP contribution is 2.35. The van der Waals surface area contributed by atoms with Crippen molar-refractivity contribution >= 4 is 11.5 Å². The van der Waals surface area contributed by atoms with Gasteiger partial charge in [-0.15, -0.1) is 0 Å². The van der Waals surface area contributed by atoms with Crippen molar-refractivity contribution in [2.45, 2.75) is 32.7 Å². The maximum Gasteiger partial charge on any atom is 0.170 e. The van der Waals surface area contributed by atoms with Crippen LogP contribution in [0.5, 0.6) is 0 Å². The van der Waals surface area contributed by atoms with Gasteiger partial charge in [0.25, 0.3) is 0 Å². The van der Waals surface area contributed by atoms with Gasteiger partial charge in [-0.3, -0.25) is 0 Å². The van der Waals surface area contributed by atoms with Gasteiger partial charge >= 0.3 is 0 Å². The fraction of sp³-hybridized carbons (Fsp3) is 0.500. The van der Waals surface area contributed by atoms with E-state index in [9.17, 15) is 8.78 Å². The van der Waals surface area contributed by atoms with Crippen LogP contribution >= 0.6 is 0 Å². The molecule has 0 amide bonds. The quantitative estimate of drug-likeness (QED) is 0.378. The zero-order chi connectivity index (χ0) is 14.9. The fourth-order valence-electron chi connectivity index (χ4n) is 2.25. The molecule has 4 nitrogen and oxygen atoms in total. The van der Waals surface area contributed by atoms with Crippen molar-refractivity contribution in [1.29, 1.82) is 0 Å². The predicted molar refractivity (Wildman–Crippen MR) is 74.1 cm³/mol. The van der Waals surface area contributed by atoms with Crippen LogP contribution in [0.4, 0.5) is 14.5 Å². The molecule has 110 valence electrons. The SMILES string of the molecule is CC(C)CN(c1c(F)cc(C(N)=NO)cc1F)C1CC1. The number of hydrogen-bond acceptors (Lipinski definition) is 3. The second-order valence-electron chi connectivity index (χ2n) is 5.55. The van der Waals surface area contributed by atoms with Crippen molar-refractivity contribution in [3.8, 4) is 0 Å². The minimum Gasteiger partial charge on any atom is -0.409 e. The number of hydrogen-bond donors (Lipinski definition) is 2. The topological polar surface area (TPSA) is 61.8 Å². The minimum absolute atomic E-state index is 0.0179. The van der Waals surface area contributed by atoms with Crippen LogP contribution in [0.2, 0.25) is 0 Å². The third-order valence-electron chi connectivity index (χ3n) is 3.26. The highest BCUT2D eigenvalue weighted by molar-refractivity contribution is 5.97. The largest absolute Gasteiger partial charge is 0.409 e. The van der Waals surface area contributed by atoms with Crippen LogP contribution in [0.25, 0.3) is 0 Å². The van der Waals surface area contributed by atoms with Crippen molar-refractivity contribution in [2.24, 2.45) is 16.8 Å². The molecule has 1 aliphatic carbocycles. The van der Waals surface area contributed by atoms with Crippen LogP contribution in [-0.2, 0) is 0 Å². The summed E-state index contributed by atoms with van der Waals surface area (Å²) in [5.74, 6) is -1.37. The van der Waals surface area contributed by atoms with Gasteiger partial charge in [-0.2, -0.15) is 0 Å². The van der Waals surface area contributed by atoms with E-state index in [1.54, 1.807) is 4.90 Å². The average Bonchev–Trinajstić information content (AvgIpc) is 3.19. The summed E-state index contributed by atoms with van der Waals surface area (Å²) in [6, 6.07) is 2.41. The van der Waals surface area contributed by atoms with Gasteiger partial charge in [0.2, 0.25) is 0 Å². The molecule has 3 N–H and O–H groups in total. The lowest BCUT2D eigenvalue weighted by Gasteiger charge is -2.27. The first kappa shape index (κ1) is 14.6. The Morgan fingerprint density at radius 3 is 2.35 bits per heavy atom. The van der Waals surface area contributed by atoms with Gasteiger partial charge in [0.1, 0.15) is 17.3 Å². The Morgan fingerprint density at radius 1 is 1.40 bits per heavy atom. The van der Waals surface area contributed by atoms with Crippen LogP contribution in [-0.4, -0.2) is 23.6 Å². The summed E-state index contributed by atoms with van der Waals surface area (Å²) in [7, 11) is 0. The molecule has 1 saturated carbocycles. The number of halogens is 2. The third-order valence-corrected chi connectivity index (χ3v) is 3.26. The molecule has 1 aliphatic rings. The Morgan fingerprint density at radius 2 is 1.95 bits per heavy atom. The fourth-order valence-corrected chi connectivity index (χ4v) is 2.25. The minimum atomic E-state index is -0.681. The van der Waals surface area contributed by atoms with E-state index in [1.165, 1.54) is 0 Å². The van der Waals surface area contributed by atoms with Crippen molar-refractivity contribution in [3.63, 3.8) is 0 Å². The summed E-state index contributed by atoms with van der Waals surface area (Å²) < 4.78 is 28.4. The first-order valence-electron chi connectivity index (χ1n) is 6.67. The molecule has 1 aromatic carbocycles. The van der Waals surface area contributed by atoms with Gasteiger partial charge in [0.05, 0.1) is 0 Å². The van der Waals surface area contributed by atoms with Gasteiger partial charge in [-0.1, -0.05) is 19.0 Å². The van der Waals surface area contributed by atoms with Gasteiger partial charge in [0, 0.05) is 18.2 Å². The lowest BCUT2D eigenvalue weighted by atomic mass is 10.1. The number of benzene rings is 1. The van der Waals surface area contributed by atoms with E-state index in [0.29, 0.717) is 12.5 Å². The molecule has 0 radical (unpaired) electrons. The van der Waals surface area contributed by atoms with E-state index in [0.717, 1.165) is 25.0 Å². The molecule has 0 aliphatic heterocycles. The second kappa shape index (κ2) is 5.64. The number of amidine groups is 1. The van der Waals surface area contributed by atoms with E-state index in [2.05, 4.69) is 5.16 Å². The Bertz CT molecular complexity index is 504. The third kappa shape index (κ3) is 3.00. The molecule has 0 spiro atoms. The maximum absolute atomic E-state index is 14.2. The van der Waals surface area contributed by atoms with E-state index >= 15 is 0 Å². The van der Waals surface area contributed by atoms with Gasteiger partial charge in [-0.25, -0.2) is 8.78 Å². The molecular formula is C14H19F2N3O. The molecule has 0 bridgehead atoms. The van der Waals surface area contributed by atoms with Crippen LogP contribution in [0, 0.1) is 17.6 Å². The molecule has 1 fully saturated rings. The Balaban J connectivity index is 2.40. The van der Waals surface area contributed by atoms with Crippen LogP contribution in [0.15, 0.2) is 17.3 Å². The molecule has 6 heteroatoms. The standard InChI is InChI=1S/C14H19F2N3O/c1-8(2)7-19(10-3-4-10)13-11(15)5-9(6-12(13)16)14(17)18-20/h5-6,8,10,20H,3-4,7H2,1-2H3,(H2,17,18). The number of nitrogens with zero attached hydrogens (tertiary/aromatic N) is 2. The van der Waals surface area contributed by atoms with E-state index in [4.69, 9.17) is 10.9 Å². The summed E-state index contributed by atoms with van der Waals surface area (Å²) in [5, 5.41) is 11.3. The van der Waals surface area contributed by atoms with Crippen LogP contribution in [0.1, 0.15) is 32.3 Å². The zero-order valence-corrected chi connectivity index (χ0v) is 11.6.